The summed E-state index contributed by atoms with van der Waals surface area (Å²) in [7, 11) is 0. The van der Waals surface area contributed by atoms with Crippen LogP contribution in [0.15, 0.2) is 0 Å². The zero-order valence-corrected chi connectivity index (χ0v) is 13.2. The Kier molecular flexibility index (Phi) is 4.71. The summed E-state index contributed by atoms with van der Waals surface area (Å²) < 4.78 is 0. The molecule has 0 aromatic heterocycles. The Morgan fingerprint density at radius 1 is 1.30 bits per heavy atom. The minimum absolute atomic E-state index is 0.0412. The second-order valence-electron chi connectivity index (χ2n) is 6.39. The molecule has 5 unspecified atom stereocenters. The number of carbonyl (C=O) groups is 2. The van der Waals surface area contributed by atoms with Gasteiger partial charge in [0.25, 0.3) is 0 Å². The third-order valence-corrected chi connectivity index (χ3v) is 4.96. The van der Waals surface area contributed by atoms with Crippen LogP contribution in [0.25, 0.3) is 0 Å². The number of hydrogen-bond donors (Lipinski definition) is 1. The Bertz CT molecular complexity index is 383. The molecule has 1 saturated heterocycles. The van der Waals surface area contributed by atoms with Crippen molar-refractivity contribution in [3.63, 3.8) is 0 Å². The summed E-state index contributed by atoms with van der Waals surface area (Å²) in [5.74, 6) is 1.01. The molecule has 2 amide bonds. The molecule has 1 aliphatic carbocycles. The van der Waals surface area contributed by atoms with Gasteiger partial charge in [0.15, 0.2) is 0 Å². The van der Waals surface area contributed by atoms with Gasteiger partial charge < -0.3 is 10.2 Å². The first-order valence-electron chi connectivity index (χ1n) is 8.17. The first-order chi connectivity index (χ1) is 9.54. The number of nitrogens with one attached hydrogen (secondary N) is 1. The van der Waals surface area contributed by atoms with E-state index >= 15 is 0 Å². The van der Waals surface area contributed by atoms with E-state index in [-0.39, 0.29) is 29.8 Å². The summed E-state index contributed by atoms with van der Waals surface area (Å²) in [4.78, 5) is 27.0. The molecule has 4 nitrogen and oxygen atoms in total. The number of amides is 2. The van der Waals surface area contributed by atoms with E-state index in [9.17, 15) is 9.59 Å². The fraction of sp³-hybridized carbons (Fsp3) is 0.875. The van der Waals surface area contributed by atoms with Crippen LogP contribution in [-0.2, 0) is 9.59 Å². The number of rotatable bonds is 6. The Balaban J connectivity index is 2.16. The smallest absolute Gasteiger partial charge is 0.246 e. The lowest BCUT2D eigenvalue weighted by atomic mass is 9.93. The molecule has 114 valence electrons. The van der Waals surface area contributed by atoms with Gasteiger partial charge in [-0.05, 0) is 31.1 Å². The van der Waals surface area contributed by atoms with Gasteiger partial charge in [-0.1, -0.05) is 40.5 Å². The van der Waals surface area contributed by atoms with Crippen molar-refractivity contribution in [1.82, 2.24) is 10.2 Å². The van der Waals surface area contributed by atoms with Crippen molar-refractivity contribution < 1.29 is 9.59 Å². The topological polar surface area (TPSA) is 49.4 Å². The van der Waals surface area contributed by atoms with E-state index in [4.69, 9.17) is 0 Å². The van der Waals surface area contributed by atoms with Crippen LogP contribution >= 0.6 is 0 Å². The maximum absolute atomic E-state index is 12.8. The first kappa shape index (κ1) is 15.3. The molecule has 0 bridgehead atoms. The SMILES string of the molecule is CCCC1CC1N1C(=O)C(C(C)CC)NC(=O)C1CC. The Labute approximate surface area is 122 Å². The molecule has 2 aliphatic rings. The first-order valence-corrected chi connectivity index (χ1v) is 8.17. The van der Waals surface area contributed by atoms with Crippen LogP contribution in [0, 0.1) is 11.8 Å². The standard InChI is InChI=1S/C16H28N2O2/c1-5-8-11-9-13(11)18-12(7-3)15(19)17-14(16(18)20)10(4)6-2/h10-14H,5-9H2,1-4H3,(H,17,19). The summed E-state index contributed by atoms with van der Waals surface area (Å²) in [6, 6.07) is -0.266. The summed E-state index contributed by atoms with van der Waals surface area (Å²) in [5.41, 5.74) is 0. The predicted octanol–water partition coefficient (Wildman–Crippen LogP) is 2.33. The summed E-state index contributed by atoms with van der Waals surface area (Å²) in [6.07, 6.45) is 5.02. The van der Waals surface area contributed by atoms with Crippen molar-refractivity contribution >= 4 is 11.8 Å². The Morgan fingerprint density at radius 3 is 2.55 bits per heavy atom. The molecule has 20 heavy (non-hydrogen) atoms. The average Bonchev–Trinajstić information content (AvgIpc) is 3.18. The van der Waals surface area contributed by atoms with E-state index in [0.717, 1.165) is 19.3 Å². The van der Waals surface area contributed by atoms with Crippen molar-refractivity contribution in [2.75, 3.05) is 0 Å². The van der Waals surface area contributed by atoms with Crippen LogP contribution < -0.4 is 5.32 Å². The lowest BCUT2D eigenvalue weighted by Gasteiger charge is -2.41. The van der Waals surface area contributed by atoms with Crippen LogP contribution in [0.1, 0.15) is 59.8 Å². The largest absolute Gasteiger partial charge is 0.342 e. The van der Waals surface area contributed by atoms with Crippen LogP contribution in [0.5, 0.6) is 0 Å². The molecule has 4 heteroatoms. The quantitative estimate of drug-likeness (QED) is 0.812. The van der Waals surface area contributed by atoms with Crippen LogP contribution in [0.4, 0.5) is 0 Å². The Morgan fingerprint density at radius 2 is 2.00 bits per heavy atom. The molecular formula is C16H28N2O2. The van der Waals surface area contributed by atoms with Gasteiger partial charge in [0.1, 0.15) is 12.1 Å². The Hall–Kier alpha value is -1.06. The lowest BCUT2D eigenvalue weighted by molar-refractivity contribution is -0.152. The van der Waals surface area contributed by atoms with E-state index in [2.05, 4.69) is 19.2 Å². The highest BCUT2D eigenvalue weighted by Gasteiger charge is 2.51. The molecule has 0 spiro atoms. The predicted molar refractivity (Wildman–Crippen MR) is 79.1 cm³/mol. The molecule has 0 aromatic rings. The molecule has 1 aliphatic heterocycles. The van der Waals surface area contributed by atoms with E-state index < -0.39 is 0 Å². The van der Waals surface area contributed by atoms with Crippen molar-refractivity contribution in [1.29, 1.82) is 0 Å². The highest BCUT2D eigenvalue weighted by Crippen LogP contribution is 2.42. The average molecular weight is 280 g/mol. The number of carbonyl (C=O) groups excluding carboxylic acids is 2. The fourth-order valence-electron chi connectivity index (χ4n) is 3.40. The number of piperazine rings is 1. The van der Waals surface area contributed by atoms with Gasteiger partial charge in [-0.25, -0.2) is 0 Å². The lowest BCUT2D eigenvalue weighted by Crippen LogP contribution is -2.65. The molecular weight excluding hydrogens is 252 g/mol. The van der Waals surface area contributed by atoms with E-state index in [1.807, 2.05) is 18.7 Å². The number of hydrogen-bond acceptors (Lipinski definition) is 2. The van der Waals surface area contributed by atoms with Crippen molar-refractivity contribution in [2.45, 2.75) is 77.9 Å². The molecule has 1 heterocycles. The summed E-state index contributed by atoms with van der Waals surface area (Å²) in [5, 5.41) is 2.95. The highest BCUT2D eigenvalue weighted by molar-refractivity contribution is 5.97. The molecule has 2 rings (SSSR count). The van der Waals surface area contributed by atoms with Crippen LogP contribution in [-0.4, -0.2) is 34.8 Å². The second kappa shape index (κ2) is 6.15. The van der Waals surface area contributed by atoms with Crippen molar-refractivity contribution in [2.24, 2.45) is 11.8 Å². The normalized spacial score (nSPS) is 34.9. The summed E-state index contributed by atoms with van der Waals surface area (Å²) in [6.45, 7) is 8.28. The van der Waals surface area contributed by atoms with Gasteiger partial charge in [0.2, 0.25) is 11.8 Å². The zero-order valence-electron chi connectivity index (χ0n) is 13.2. The van der Waals surface area contributed by atoms with Gasteiger partial charge in [-0.3, -0.25) is 9.59 Å². The zero-order chi connectivity index (χ0) is 14.9. The van der Waals surface area contributed by atoms with Gasteiger partial charge in [-0.15, -0.1) is 0 Å². The number of nitrogens with zero attached hydrogens (tertiary/aromatic N) is 1. The fourth-order valence-corrected chi connectivity index (χ4v) is 3.40. The third-order valence-electron chi connectivity index (χ3n) is 4.96. The maximum Gasteiger partial charge on any atom is 0.246 e. The highest BCUT2D eigenvalue weighted by atomic mass is 16.2. The van der Waals surface area contributed by atoms with E-state index in [0.29, 0.717) is 18.4 Å². The van der Waals surface area contributed by atoms with Crippen molar-refractivity contribution in [3.8, 4) is 0 Å². The van der Waals surface area contributed by atoms with Gasteiger partial charge >= 0.3 is 0 Å². The third kappa shape index (κ3) is 2.70. The molecule has 5 atom stereocenters. The van der Waals surface area contributed by atoms with E-state index in [1.54, 1.807) is 0 Å². The van der Waals surface area contributed by atoms with E-state index in [1.165, 1.54) is 6.42 Å². The molecule has 1 saturated carbocycles. The molecule has 0 radical (unpaired) electrons. The van der Waals surface area contributed by atoms with Crippen LogP contribution in [0.3, 0.4) is 0 Å². The minimum Gasteiger partial charge on any atom is -0.342 e. The van der Waals surface area contributed by atoms with Gasteiger partial charge in [-0.2, -0.15) is 0 Å². The molecule has 0 aromatic carbocycles. The van der Waals surface area contributed by atoms with Gasteiger partial charge in [0.05, 0.1) is 0 Å². The van der Waals surface area contributed by atoms with Crippen LogP contribution in [0.2, 0.25) is 0 Å². The molecule has 1 N–H and O–H groups in total. The summed E-state index contributed by atoms with van der Waals surface area (Å²) >= 11 is 0. The van der Waals surface area contributed by atoms with Crippen molar-refractivity contribution in [3.05, 3.63) is 0 Å². The minimum atomic E-state index is -0.321. The second-order valence-corrected chi connectivity index (χ2v) is 6.39. The monoisotopic (exact) mass is 280 g/mol. The van der Waals surface area contributed by atoms with Gasteiger partial charge in [0, 0.05) is 6.04 Å². The molecule has 2 fully saturated rings. The maximum atomic E-state index is 12.8.